The Hall–Kier alpha value is -0.870. The molecule has 1 saturated heterocycles. The standard InChI is InChI=1S/C9H15N3O/c10-12-5-3-1-2-4-9(12)8-6-11-13-7-8/h6-7,9H,1-5,10H2. The third-order valence-electron chi connectivity index (χ3n) is 2.63. The number of aromatic nitrogens is 1. The lowest BCUT2D eigenvalue weighted by Crippen LogP contribution is -2.34. The van der Waals surface area contributed by atoms with Gasteiger partial charge in [0.25, 0.3) is 0 Å². The third kappa shape index (κ3) is 1.89. The summed E-state index contributed by atoms with van der Waals surface area (Å²) in [5.74, 6) is 5.93. The molecule has 0 amide bonds. The molecule has 13 heavy (non-hydrogen) atoms. The molecule has 1 aromatic heterocycles. The van der Waals surface area contributed by atoms with E-state index in [1.807, 2.05) is 5.01 Å². The normalized spacial score (nSPS) is 25.8. The third-order valence-corrected chi connectivity index (χ3v) is 2.63. The van der Waals surface area contributed by atoms with Crippen molar-refractivity contribution in [3.8, 4) is 0 Å². The van der Waals surface area contributed by atoms with E-state index in [-0.39, 0.29) is 0 Å². The predicted octanol–water partition coefficient (Wildman–Crippen LogP) is 1.47. The molecule has 1 aliphatic rings. The molecule has 4 nitrogen and oxygen atoms in total. The van der Waals surface area contributed by atoms with Crippen LogP contribution < -0.4 is 5.84 Å². The maximum atomic E-state index is 5.93. The van der Waals surface area contributed by atoms with Gasteiger partial charge in [-0.25, -0.2) is 5.01 Å². The molecule has 0 bridgehead atoms. The van der Waals surface area contributed by atoms with Gasteiger partial charge in [0.15, 0.2) is 0 Å². The van der Waals surface area contributed by atoms with E-state index in [0.717, 1.165) is 18.5 Å². The van der Waals surface area contributed by atoms with Crippen LogP contribution in [0.3, 0.4) is 0 Å². The van der Waals surface area contributed by atoms with E-state index < -0.39 is 0 Å². The summed E-state index contributed by atoms with van der Waals surface area (Å²) in [6, 6.07) is 0.300. The van der Waals surface area contributed by atoms with Crippen LogP contribution in [-0.4, -0.2) is 16.7 Å². The lowest BCUT2D eigenvalue weighted by molar-refractivity contribution is 0.206. The van der Waals surface area contributed by atoms with Crippen LogP contribution in [0.5, 0.6) is 0 Å². The van der Waals surface area contributed by atoms with Gasteiger partial charge in [0.2, 0.25) is 0 Å². The van der Waals surface area contributed by atoms with E-state index in [4.69, 9.17) is 10.4 Å². The van der Waals surface area contributed by atoms with Gasteiger partial charge < -0.3 is 4.52 Å². The average molecular weight is 181 g/mol. The molecule has 4 heteroatoms. The van der Waals surface area contributed by atoms with Crippen molar-refractivity contribution < 1.29 is 4.52 Å². The fourth-order valence-corrected chi connectivity index (χ4v) is 1.87. The Morgan fingerprint density at radius 2 is 2.38 bits per heavy atom. The van der Waals surface area contributed by atoms with Crippen LogP contribution in [-0.2, 0) is 0 Å². The second kappa shape index (κ2) is 3.89. The molecule has 0 saturated carbocycles. The molecule has 1 aliphatic heterocycles. The van der Waals surface area contributed by atoms with E-state index in [1.54, 1.807) is 12.5 Å². The van der Waals surface area contributed by atoms with Crippen molar-refractivity contribution in [2.45, 2.75) is 31.7 Å². The van der Waals surface area contributed by atoms with Gasteiger partial charge in [0.1, 0.15) is 6.26 Å². The van der Waals surface area contributed by atoms with Crippen LogP contribution in [0.2, 0.25) is 0 Å². The van der Waals surface area contributed by atoms with E-state index >= 15 is 0 Å². The zero-order valence-electron chi connectivity index (χ0n) is 7.65. The summed E-state index contributed by atoms with van der Waals surface area (Å²) in [5.41, 5.74) is 1.10. The highest BCUT2D eigenvalue weighted by atomic mass is 16.5. The monoisotopic (exact) mass is 181 g/mol. The fourth-order valence-electron chi connectivity index (χ4n) is 1.87. The predicted molar refractivity (Wildman–Crippen MR) is 48.6 cm³/mol. The SMILES string of the molecule is NN1CCCCCC1c1cnoc1. The highest BCUT2D eigenvalue weighted by Gasteiger charge is 2.20. The molecular weight excluding hydrogens is 166 g/mol. The fraction of sp³-hybridized carbons (Fsp3) is 0.667. The minimum atomic E-state index is 0.300. The first-order valence-electron chi connectivity index (χ1n) is 4.78. The lowest BCUT2D eigenvalue weighted by Gasteiger charge is -2.23. The first kappa shape index (κ1) is 8.72. The largest absolute Gasteiger partial charge is 0.364 e. The Morgan fingerprint density at radius 3 is 3.15 bits per heavy atom. The molecule has 0 radical (unpaired) electrons. The minimum Gasteiger partial charge on any atom is -0.364 e. The van der Waals surface area contributed by atoms with Crippen molar-refractivity contribution in [3.63, 3.8) is 0 Å². The minimum absolute atomic E-state index is 0.300. The molecule has 0 aliphatic carbocycles. The van der Waals surface area contributed by atoms with Crippen molar-refractivity contribution >= 4 is 0 Å². The van der Waals surface area contributed by atoms with Gasteiger partial charge in [-0.15, -0.1) is 0 Å². The summed E-state index contributed by atoms with van der Waals surface area (Å²) in [5, 5.41) is 5.61. The Morgan fingerprint density at radius 1 is 1.46 bits per heavy atom. The van der Waals surface area contributed by atoms with Gasteiger partial charge in [-0.2, -0.15) is 0 Å². The second-order valence-electron chi connectivity index (χ2n) is 3.56. The van der Waals surface area contributed by atoms with Crippen molar-refractivity contribution in [3.05, 3.63) is 18.0 Å². The van der Waals surface area contributed by atoms with Crippen LogP contribution in [0, 0.1) is 0 Å². The summed E-state index contributed by atoms with van der Waals surface area (Å²) in [4.78, 5) is 0. The van der Waals surface area contributed by atoms with Crippen LogP contribution in [0.1, 0.15) is 37.3 Å². The Bertz CT molecular complexity index is 247. The summed E-state index contributed by atoms with van der Waals surface area (Å²) >= 11 is 0. The average Bonchev–Trinajstić information content (AvgIpc) is 2.56. The van der Waals surface area contributed by atoms with Crippen LogP contribution >= 0.6 is 0 Å². The van der Waals surface area contributed by atoms with E-state index in [2.05, 4.69) is 5.16 Å². The number of hydrazine groups is 1. The van der Waals surface area contributed by atoms with Crippen LogP contribution in [0.4, 0.5) is 0 Å². The number of hydrogen-bond acceptors (Lipinski definition) is 4. The second-order valence-corrected chi connectivity index (χ2v) is 3.56. The number of nitrogens with two attached hydrogens (primary N) is 1. The lowest BCUT2D eigenvalue weighted by atomic mass is 10.1. The molecule has 2 N–H and O–H groups in total. The van der Waals surface area contributed by atoms with Crippen molar-refractivity contribution in [2.75, 3.05) is 6.54 Å². The first-order chi connectivity index (χ1) is 6.38. The van der Waals surface area contributed by atoms with Crippen LogP contribution in [0.25, 0.3) is 0 Å². The molecule has 1 fully saturated rings. The summed E-state index contributed by atoms with van der Waals surface area (Å²) in [7, 11) is 0. The molecule has 1 atom stereocenters. The van der Waals surface area contributed by atoms with Crippen LogP contribution in [0.15, 0.2) is 17.0 Å². The summed E-state index contributed by atoms with van der Waals surface area (Å²) < 4.78 is 4.82. The number of nitrogens with zero attached hydrogens (tertiary/aromatic N) is 2. The first-order valence-corrected chi connectivity index (χ1v) is 4.78. The number of rotatable bonds is 1. The van der Waals surface area contributed by atoms with Gasteiger partial charge in [0.05, 0.1) is 12.2 Å². The van der Waals surface area contributed by atoms with Crippen molar-refractivity contribution in [2.24, 2.45) is 5.84 Å². The maximum absolute atomic E-state index is 5.93. The van der Waals surface area contributed by atoms with E-state index in [9.17, 15) is 0 Å². The zero-order chi connectivity index (χ0) is 9.10. The van der Waals surface area contributed by atoms with Gasteiger partial charge >= 0.3 is 0 Å². The molecule has 1 aromatic rings. The quantitative estimate of drug-likeness (QED) is 0.666. The van der Waals surface area contributed by atoms with E-state index in [1.165, 1.54) is 19.3 Å². The van der Waals surface area contributed by atoms with Gasteiger partial charge in [-0.1, -0.05) is 18.0 Å². The highest BCUT2D eigenvalue weighted by Crippen LogP contribution is 2.26. The van der Waals surface area contributed by atoms with Gasteiger partial charge in [0, 0.05) is 12.1 Å². The topological polar surface area (TPSA) is 55.3 Å². The smallest absolute Gasteiger partial charge is 0.128 e. The molecule has 2 rings (SSSR count). The molecule has 0 spiro atoms. The Kier molecular flexibility index (Phi) is 2.61. The number of hydrogen-bond donors (Lipinski definition) is 1. The molecule has 1 unspecified atom stereocenters. The zero-order valence-corrected chi connectivity index (χ0v) is 7.65. The summed E-state index contributed by atoms with van der Waals surface area (Å²) in [6.07, 6.45) is 8.26. The molecule has 2 heterocycles. The highest BCUT2D eigenvalue weighted by molar-refractivity contribution is 5.07. The molecular formula is C9H15N3O. The maximum Gasteiger partial charge on any atom is 0.128 e. The van der Waals surface area contributed by atoms with Crippen molar-refractivity contribution in [1.29, 1.82) is 0 Å². The Labute approximate surface area is 77.7 Å². The van der Waals surface area contributed by atoms with Gasteiger partial charge in [-0.05, 0) is 12.8 Å². The van der Waals surface area contributed by atoms with Gasteiger partial charge in [-0.3, -0.25) is 5.84 Å². The molecule has 72 valence electrons. The molecule has 0 aromatic carbocycles. The van der Waals surface area contributed by atoms with Crippen molar-refractivity contribution in [1.82, 2.24) is 10.2 Å². The Balaban J connectivity index is 2.11. The summed E-state index contributed by atoms with van der Waals surface area (Å²) in [6.45, 7) is 0.968. The van der Waals surface area contributed by atoms with E-state index in [0.29, 0.717) is 6.04 Å².